The topological polar surface area (TPSA) is 24.9 Å². The van der Waals surface area contributed by atoms with Crippen molar-refractivity contribution in [3.05, 3.63) is 29.6 Å². The average Bonchev–Trinajstić information content (AvgIpc) is 2.94. The van der Waals surface area contributed by atoms with Crippen LogP contribution in [0.5, 0.6) is 0 Å². The van der Waals surface area contributed by atoms with Gasteiger partial charge in [-0.15, -0.1) is 0 Å². The van der Waals surface area contributed by atoms with Gasteiger partial charge in [-0.25, -0.2) is 0 Å². The van der Waals surface area contributed by atoms with Crippen molar-refractivity contribution in [1.29, 1.82) is 0 Å². The standard InChI is InChI=1S/C13H20N2/c1-4-15-12(13(3)5-6-13)11-7-10(2)8-14-9-11/h7-9,12,15H,4-6H2,1-3H3. The predicted octanol–water partition coefficient (Wildman–Crippen LogP) is 2.84. The third kappa shape index (κ3) is 2.20. The van der Waals surface area contributed by atoms with E-state index in [-0.39, 0.29) is 0 Å². The first-order valence-corrected chi connectivity index (χ1v) is 5.80. The molecular formula is C13H20N2. The van der Waals surface area contributed by atoms with Crippen LogP contribution >= 0.6 is 0 Å². The van der Waals surface area contributed by atoms with Gasteiger partial charge in [0.1, 0.15) is 0 Å². The van der Waals surface area contributed by atoms with Crippen LogP contribution in [-0.4, -0.2) is 11.5 Å². The van der Waals surface area contributed by atoms with Crippen LogP contribution in [0.1, 0.15) is 43.9 Å². The Morgan fingerprint density at radius 3 is 2.73 bits per heavy atom. The maximum Gasteiger partial charge on any atom is 0.0389 e. The highest BCUT2D eigenvalue weighted by Gasteiger charge is 2.45. The van der Waals surface area contributed by atoms with Gasteiger partial charge >= 0.3 is 0 Å². The summed E-state index contributed by atoms with van der Waals surface area (Å²) in [4.78, 5) is 4.29. The summed E-state index contributed by atoms with van der Waals surface area (Å²) >= 11 is 0. The Hall–Kier alpha value is -0.890. The fourth-order valence-corrected chi connectivity index (χ4v) is 2.19. The number of rotatable bonds is 4. The van der Waals surface area contributed by atoms with Crippen molar-refractivity contribution >= 4 is 0 Å². The van der Waals surface area contributed by atoms with E-state index in [1.807, 2.05) is 12.4 Å². The molecule has 2 heteroatoms. The summed E-state index contributed by atoms with van der Waals surface area (Å²) in [5, 5.41) is 3.59. The number of nitrogens with zero attached hydrogens (tertiary/aromatic N) is 1. The van der Waals surface area contributed by atoms with Gasteiger partial charge in [-0.3, -0.25) is 4.98 Å². The molecule has 0 aliphatic heterocycles. The zero-order chi connectivity index (χ0) is 10.9. The fraction of sp³-hybridized carbons (Fsp3) is 0.615. The van der Waals surface area contributed by atoms with Gasteiger partial charge in [0.2, 0.25) is 0 Å². The normalized spacial score (nSPS) is 19.9. The van der Waals surface area contributed by atoms with Crippen molar-refractivity contribution in [3.63, 3.8) is 0 Å². The molecule has 1 unspecified atom stereocenters. The smallest absolute Gasteiger partial charge is 0.0389 e. The van der Waals surface area contributed by atoms with Crippen molar-refractivity contribution in [2.75, 3.05) is 6.54 Å². The molecule has 1 aliphatic carbocycles. The summed E-state index contributed by atoms with van der Waals surface area (Å²) in [7, 11) is 0. The molecule has 0 saturated heterocycles. The van der Waals surface area contributed by atoms with Gasteiger partial charge in [-0.2, -0.15) is 0 Å². The van der Waals surface area contributed by atoms with Crippen molar-refractivity contribution in [1.82, 2.24) is 10.3 Å². The number of hydrogen-bond acceptors (Lipinski definition) is 2. The molecule has 2 rings (SSSR count). The highest BCUT2D eigenvalue weighted by Crippen LogP contribution is 2.54. The van der Waals surface area contributed by atoms with E-state index < -0.39 is 0 Å². The summed E-state index contributed by atoms with van der Waals surface area (Å²) in [6, 6.07) is 2.74. The van der Waals surface area contributed by atoms with E-state index in [4.69, 9.17) is 0 Å². The molecule has 1 aliphatic rings. The van der Waals surface area contributed by atoms with Gasteiger partial charge in [-0.1, -0.05) is 19.9 Å². The average molecular weight is 204 g/mol. The Bertz CT molecular complexity index is 342. The quantitative estimate of drug-likeness (QED) is 0.815. The summed E-state index contributed by atoms with van der Waals surface area (Å²) in [5.74, 6) is 0. The molecule has 2 nitrogen and oxygen atoms in total. The van der Waals surface area contributed by atoms with Crippen molar-refractivity contribution in [2.45, 2.75) is 39.7 Å². The second-order valence-electron chi connectivity index (χ2n) is 4.94. The molecule has 0 aromatic carbocycles. The molecule has 1 heterocycles. The lowest BCUT2D eigenvalue weighted by molar-refractivity contribution is 0.372. The molecule has 1 saturated carbocycles. The maximum absolute atomic E-state index is 4.29. The lowest BCUT2D eigenvalue weighted by Crippen LogP contribution is -2.28. The summed E-state index contributed by atoms with van der Waals surface area (Å²) in [6.07, 6.45) is 6.59. The van der Waals surface area contributed by atoms with E-state index in [1.54, 1.807) is 0 Å². The van der Waals surface area contributed by atoms with E-state index in [9.17, 15) is 0 Å². The summed E-state index contributed by atoms with van der Waals surface area (Å²) < 4.78 is 0. The van der Waals surface area contributed by atoms with Crippen LogP contribution in [0.15, 0.2) is 18.5 Å². The Morgan fingerprint density at radius 2 is 2.20 bits per heavy atom. The number of pyridine rings is 1. The van der Waals surface area contributed by atoms with Crippen LogP contribution in [-0.2, 0) is 0 Å². The van der Waals surface area contributed by atoms with Crippen molar-refractivity contribution in [2.24, 2.45) is 5.41 Å². The second kappa shape index (κ2) is 3.93. The number of nitrogens with one attached hydrogen (secondary N) is 1. The van der Waals surface area contributed by atoms with Gasteiger partial charge in [0, 0.05) is 18.4 Å². The zero-order valence-corrected chi connectivity index (χ0v) is 9.88. The molecule has 1 N–H and O–H groups in total. The van der Waals surface area contributed by atoms with Crippen LogP contribution in [0.2, 0.25) is 0 Å². The van der Waals surface area contributed by atoms with Crippen molar-refractivity contribution < 1.29 is 0 Å². The zero-order valence-electron chi connectivity index (χ0n) is 9.88. The van der Waals surface area contributed by atoms with Crippen LogP contribution in [0.25, 0.3) is 0 Å². The molecule has 1 aromatic rings. The molecule has 0 spiro atoms. The Labute approximate surface area is 92.1 Å². The van der Waals surface area contributed by atoms with E-state index in [0.29, 0.717) is 11.5 Å². The van der Waals surface area contributed by atoms with Crippen LogP contribution in [0.4, 0.5) is 0 Å². The van der Waals surface area contributed by atoms with E-state index in [2.05, 4.69) is 37.1 Å². The third-order valence-corrected chi connectivity index (χ3v) is 3.37. The first-order chi connectivity index (χ1) is 7.15. The molecule has 0 radical (unpaired) electrons. The highest BCUT2D eigenvalue weighted by molar-refractivity contribution is 5.24. The van der Waals surface area contributed by atoms with Crippen LogP contribution in [0.3, 0.4) is 0 Å². The van der Waals surface area contributed by atoms with Gasteiger partial charge in [0.25, 0.3) is 0 Å². The molecule has 1 aromatic heterocycles. The Kier molecular flexibility index (Phi) is 2.79. The number of aromatic nitrogens is 1. The van der Waals surface area contributed by atoms with E-state index in [0.717, 1.165) is 6.54 Å². The summed E-state index contributed by atoms with van der Waals surface area (Å²) in [6.45, 7) is 7.66. The minimum absolute atomic E-state index is 0.464. The molecule has 1 atom stereocenters. The Morgan fingerprint density at radius 1 is 1.47 bits per heavy atom. The minimum Gasteiger partial charge on any atom is -0.310 e. The maximum atomic E-state index is 4.29. The lowest BCUT2D eigenvalue weighted by Gasteiger charge is -2.24. The largest absolute Gasteiger partial charge is 0.310 e. The van der Waals surface area contributed by atoms with Crippen LogP contribution < -0.4 is 5.32 Å². The van der Waals surface area contributed by atoms with E-state index >= 15 is 0 Å². The lowest BCUT2D eigenvalue weighted by atomic mass is 9.92. The monoisotopic (exact) mass is 204 g/mol. The predicted molar refractivity (Wildman–Crippen MR) is 62.7 cm³/mol. The second-order valence-corrected chi connectivity index (χ2v) is 4.94. The van der Waals surface area contributed by atoms with Crippen LogP contribution in [0, 0.1) is 12.3 Å². The minimum atomic E-state index is 0.464. The van der Waals surface area contributed by atoms with Gasteiger partial charge in [0.15, 0.2) is 0 Å². The van der Waals surface area contributed by atoms with Gasteiger partial charge in [-0.05, 0) is 42.9 Å². The molecular weight excluding hydrogens is 184 g/mol. The van der Waals surface area contributed by atoms with Gasteiger partial charge in [0.05, 0.1) is 0 Å². The van der Waals surface area contributed by atoms with Crippen molar-refractivity contribution in [3.8, 4) is 0 Å². The molecule has 1 fully saturated rings. The first kappa shape index (κ1) is 10.6. The number of hydrogen-bond donors (Lipinski definition) is 1. The molecule has 0 amide bonds. The SMILES string of the molecule is CCNC(c1cncc(C)c1)C1(C)CC1. The Balaban J connectivity index is 2.24. The molecule has 15 heavy (non-hydrogen) atoms. The number of aryl methyl sites for hydroxylation is 1. The first-order valence-electron chi connectivity index (χ1n) is 5.80. The highest BCUT2D eigenvalue weighted by atomic mass is 14.9. The molecule has 82 valence electrons. The van der Waals surface area contributed by atoms with Gasteiger partial charge < -0.3 is 5.32 Å². The van der Waals surface area contributed by atoms with E-state index in [1.165, 1.54) is 24.0 Å². The molecule has 0 bridgehead atoms. The fourth-order valence-electron chi connectivity index (χ4n) is 2.19. The third-order valence-electron chi connectivity index (χ3n) is 3.37. The summed E-state index contributed by atoms with van der Waals surface area (Å²) in [5.41, 5.74) is 3.06.